The first-order valence-electron chi connectivity index (χ1n) is 8.99. The van der Waals surface area contributed by atoms with Gasteiger partial charge in [-0.15, -0.1) is 0 Å². The second kappa shape index (κ2) is 7.40. The van der Waals surface area contributed by atoms with E-state index >= 15 is 0 Å². The molecule has 3 rings (SSSR count). The first kappa shape index (κ1) is 15.7. The Kier molecular flexibility index (Phi) is 5.54. The van der Waals surface area contributed by atoms with Crippen molar-refractivity contribution >= 4 is 0 Å². The third-order valence-electron chi connectivity index (χ3n) is 5.52. The van der Waals surface area contributed by atoms with E-state index in [1.807, 2.05) is 0 Å². The number of hydrogen-bond acceptors (Lipinski definition) is 4. The monoisotopic (exact) mass is 296 g/mol. The molecule has 122 valence electrons. The molecule has 3 fully saturated rings. The topological polar surface area (TPSA) is 33.7 Å². The van der Waals surface area contributed by atoms with Gasteiger partial charge in [0.1, 0.15) is 0 Å². The van der Waals surface area contributed by atoms with Crippen molar-refractivity contribution in [1.82, 2.24) is 10.2 Å². The fourth-order valence-corrected chi connectivity index (χ4v) is 3.94. The summed E-state index contributed by atoms with van der Waals surface area (Å²) in [5, 5.41) is 3.74. The molecule has 0 atom stereocenters. The predicted molar refractivity (Wildman–Crippen MR) is 84.3 cm³/mol. The average Bonchev–Trinajstić information content (AvgIpc) is 2.96. The van der Waals surface area contributed by atoms with Crippen molar-refractivity contribution in [1.29, 1.82) is 0 Å². The highest BCUT2D eigenvalue weighted by Crippen LogP contribution is 2.35. The van der Waals surface area contributed by atoms with Crippen molar-refractivity contribution in [3.63, 3.8) is 0 Å². The molecule has 3 aliphatic rings. The molecule has 2 saturated heterocycles. The van der Waals surface area contributed by atoms with E-state index in [0.29, 0.717) is 6.04 Å². The lowest BCUT2D eigenvalue weighted by molar-refractivity contribution is -0.179. The van der Waals surface area contributed by atoms with Crippen LogP contribution in [0.25, 0.3) is 0 Å². The van der Waals surface area contributed by atoms with Gasteiger partial charge in [0.2, 0.25) is 0 Å². The number of nitrogens with one attached hydrogen (secondary N) is 1. The van der Waals surface area contributed by atoms with Crippen molar-refractivity contribution < 1.29 is 9.47 Å². The Hall–Kier alpha value is -0.160. The number of rotatable bonds is 5. The normalized spacial score (nSPS) is 28.4. The van der Waals surface area contributed by atoms with Gasteiger partial charge in [-0.1, -0.05) is 6.92 Å². The Morgan fingerprint density at radius 1 is 1.05 bits per heavy atom. The molecule has 0 amide bonds. The molecule has 0 aromatic carbocycles. The third-order valence-corrected chi connectivity index (χ3v) is 5.52. The Morgan fingerprint density at radius 3 is 2.38 bits per heavy atom. The van der Waals surface area contributed by atoms with E-state index < -0.39 is 0 Å². The minimum atomic E-state index is -0.206. The van der Waals surface area contributed by atoms with Crippen LogP contribution >= 0.6 is 0 Å². The van der Waals surface area contributed by atoms with Crippen molar-refractivity contribution in [2.75, 3.05) is 39.4 Å². The molecular formula is C17H32N2O2. The number of hydrogen-bond donors (Lipinski definition) is 1. The standard InChI is InChI=1S/C17H32N2O2/c1-15-5-11-19(12-6-15)10-2-9-18-16-3-7-17(8-4-16)20-13-14-21-17/h15-16,18H,2-14H2,1H3. The Morgan fingerprint density at radius 2 is 1.71 bits per heavy atom. The summed E-state index contributed by atoms with van der Waals surface area (Å²) < 4.78 is 11.6. The highest BCUT2D eigenvalue weighted by Gasteiger charge is 2.40. The van der Waals surface area contributed by atoms with E-state index in [-0.39, 0.29) is 5.79 Å². The molecule has 0 bridgehead atoms. The van der Waals surface area contributed by atoms with Gasteiger partial charge < -0.3 is 19.7 Å². The number of piperidine rings is 1. The van der Waals surface area contributed by atoms with E-state index in [1.165, 1.54) is 51.7 Å². The van der Waals surface area contributed by atoms with Gasteiger partial charge in [0.25, 0.3) is 0 Å². The quantitative estimate of drug-likeness (QED) is 0.790. The zero-order valence-corrected chi connectivity index (χ0v) is 13.6. The lowest BCUT2D eigenvalue weighted by Gasteiger charge is -2.36. The largest absolute Gasteiger partial charge is 0.348 e. The maximum Gasteiger partial charge on any atom is 0.168 e. The average molecular weight is 296 g/mol. The molecule has 1 aliphatic carbocycles. The molecule has 0 radical (unpaired) electrons. The van der Waals surface area contributed by atoms with Gasteiger partial charge in [0, 0.05) is 18.9 Å². The summed E-state index contributed by atoms with van der Waals surface area (Å²) in [6, 6.07) is 0.671. The summed E-state index contributed by atoms with van der Waals surface area (Å²) in [6.45, 7) is 8.99. The first-order valence-corrected chi connectivity index (χ1v) is 8.99. The summed E-state index contributed by atoms with van der Waals surface area (Å²) in [5.74, 6) is 0.733. The SMILES string of the molecule is CC1CCN(CCCNC2CCC3(CC2)OCCO3)CC1. The van der Waals surface area contributed by atoms with E-state index in [2.05, 4.69) is 17.1 Å². The van der Waals surface area contributed by atoms with Crippen LogP contribution in [0.5, 0.6) is 0 Å². The van der Waals surface area contributed by atoms with Crippen LogP contribution in [0.15, 0.2) is 0 Å². The van der Waals surface area contributed by atoms with Gasteiger partial charge in [-0.25, -0.2) is 0 Å². The minimum absolute atomic E-state index is 0.206. The molecule has 1 N–H and O–H groups in total. The summed E-state index contributed by atoms with van der Waals surface area (Å²) in [6.07, 6.45) is 8.57. The van der Waals surface area contributed by atoms with Gasteiger partial charge in [-0.2, -0.15) is 0 Å². The second-order valence-corrected chi connectivity index (χ2v) is 7.21. The fourth-order valence-electron chi connectivity index (χ4n) is 3.94. The molecule has 0 aromatic heterocycles. The summed E-state index contributed by atoms with van der Waals surface area (Å²) in [4.78, 5) is 2.64. The third kappa shape index (κ3) is 4.41. The summed E-state index contributed by atoms with van der Waals surface area (Å²) >= 11 is 0. The molecule has 4 nitrogen and oxygen atoms in total. The number of ether oxygens (including phenoxy) is 2. The lowest BCUT2D eigenvalue weighted by Crippen LogP contribution is -2.42. The van der Waals surface area contributed by atoms with E-state index in [4.69, 9.17) is 9.47 Å². The molecule has 2 heterocycles. The van der Waals surface area contributed by atoms with Crippen LogP contribution in [0.4, 0.5) is 0 Å². The van der Waals surface area contributed by atoms with Gasteiger partial charge in [0.15, 0.2) is 5.79 Å². The summed E-state index contributed by atoms with van der Waals surface area (Å²) in [5.41, 5.74) is 0. The molecular weight excluding hydrogens is 264 g/mol. The smallest absolute Gasteiger partial charge is 0.168 e. The Bertz CT molecular complexity index is 300. The second-order valence-electron chi connectivity index (χ2n) is 7.21. The van der Waals surface area contributed by atoms with Crippen LogP contribution in [0, 0.1) is 5.92 Å². The molecule has 1 spiro atoms. The van der Waals surface area contributed by atoms with E-state index in [0.717, 1.165) is 38.5 Å². The molecule has 21 heavy (non-hydrogen) atoms. The van der Waals surface area contributed by atoms with Crippen LogP contribution in [-0.2, 0) is 9.47 Å². The molecule has 4 heteroatoms. The zero-order valence-electron chi connectivity index (χ0n) is 13.6. The minimum Gasteiger partial charge on any atom is -0.348 e. The van der Waals surface area contributed by atoms with Gasteiger partial charge in [0.05, 0.1) is 13.2 Å². The van der Waals surface area contributed by atoms with Crippen LogP contribution in [0.3, 0.4) is 0 Å². The molecule has 0 unspecified atom stereocenters. The molecule has 1 saturated carbocycles. The predicted octanol–water partition coefficient (Wildman–Crippen LogP) is 2.38. The first-order chi connectivity index (χ1) is 10.3. The zero-order chi connectivity index (χ0) is 14.5. The molecule has 2 aliphatic heterocycles. The van der Waals surface area contributed by atoms with Crippen LogP contribution in [0.1, 0.15) is 51.9 Å². The Balaban J connectivity index is 1.25. The van der Waals surface area contributed by atoms with Crippen LogP contribution in [-0.4, -0.2) is 56.1 Å². The lowest BCUT2D eigenvalue weighted by atomic mass is 9.90. The van der Waals surface area contributed by atoms with Crippen LogP contribution < -0.4 is 5.32 Å². The fraction of sp³-hybridized carbons (Fsp3) is 1.00. The van der Waals surface area contributed by atoms with Crippen LogP contribution in [0.2, 0.25) is 0 Å². The van der Waals surface area contributed by atoms with Gasteiger partial charge >= 0.3 is 0 Å². The molecule has 0 aromatic rings. The van der Waals surface area contributed by atoms with Crippen molar-refractivity contribution in [2.24, 2.45) is 5.92 Å². The maximum absolute atomic E-state index is 5.79. The van der Waals surface area contributed by atoms with Crippen molar-refractivity contribution in [2.45, 2.75) is 63.7 Å². The maximum atomic E-state index is 5.79. The Labute approximate surface area is 129 Å². The van der Waals surface area contributed by atoms with Gasteiger partial charge in [-0.3, -0.25) is 0 Å². The van der Waals surface area contributed by atoms with E-state index in [1.54, 1.807) is 0 Å². The highest BCUT2D eigenvalue weighted by atomic mass is 16.7. The van der Waals surface area contributed by atoms with Crippen molar-refractivity contribution in [3.8, 4) is 0 Å². The number of nitrogens with zero attached hydrogens (tertiary/aromatic N) is 1. The van der Waals surface area contributed by atoms with E-state index in [9.17, 15) is 0 Å². The highest BCUT2D eigenvalue weighted by molar-refractivity contribution is 4.85. The number of likely N-dealkylation sites (tertiary alicyclic amines) is 1. The van der Waals surface area contributed by atoms with Gasteiger partial charge in [-0.05, 0) is 64.2 Å². The van der Waals surface area contributed by atoms with Crippen molar-refractivity contribution in [3.05, 3.63) is 0 Å². The summed E-state index contributed by atoms with van der Waals surface area (Å²) in [7, 11) is 0.